The minimum Gasteiger partial charge on any atom is -0.479 e. The number of ether oxygens (including phenoxy) is 1. The Kier molecular flexibility index (Phi) is 6.34. The number of fused-ring (bicyclic) bond motifs is 2. The summed E-state index contributed by atoms with van der Waals surface area (Å²) in [6.07, 6.45) is 3.71. The molecule has 7 heteroatoms. The predicted molar refractivity (Wildman–Crippen MR) is 94.5 cm³/mol. The van der Waals surface area contributed by atoms with Gasteiger partial charge in [-0.05, 0) is 50.8 Å². The highest BCUT2D eigenvalue weighted by Crippen LogP contribution is 2.30. The molecule has 0 aromatic heterocycles. The van der Waals surface area contributed by atoms with Crippen LogP contribution in [-0.4, -0.2) is 42.1 Å². The summed E-state index contributed by atoms with van der Waals surface area (Å²) in [5.74, 6) is -0.173. The molecule has 2 aliphatic rings. The van der Waals surface area contributed by atoms with Crippen LogP contribution in [0.1, 0.15) is 32.6 Å². The Labute approximate surface area is 153 Å². The molecule has 1 aromatic carbocycles. The van der Waals surface area contributed by atoms with Gasteiger partial charge in [-0.1, -0.05) is 11.6 Å². The molecule has 24 heavy (non-hydrogen) atoms. The molecular formula is C17H23Cl2FN2O2. The van der Waals surface area contributed by atoms with Gasteiger partial charge in [0.2, 0.25) is 0 Å². The molecule has 0 saturated carbocycles. The molecule has 2 fully saturated rings. The number of likely N-dealkylation sites (N-methyl/N-ethyl adjacent to an activating group) is 1. The topological polar surface area (TPSA) is 41.6 Å². The highest BCUT2D eigenvalue weighted by Gasteiger charge is 2.37. The molecule has 134 valence electrons. The van der Waals surface area contributed by atoms with Crippen molar-refractivity contribution in [3.63, 3.8) is 0 Å². The van der Waals surface area contributed by atoms with Gasteiger partial charge in [-0.15, -0.1) is 12.4 Å². The van der Waals surface area contributed by atoms with E-state index in [4.69, 9.17) is 16.3 Å². The van der Waals surface area contributed by atoms with Gasteiger partial charge < -0.3 is 15.0 Å². The van der Waals surface area contributed by atoms with Gasteiger partial charge in [-0.3, -0.25) is 4.79 Å². The molecule has 2 bridgehead atoms. The van der Waals surface area contributed by atoms with Crippen molar-refractivity contribution in [3.8, 4) is 5.75 Å². The van der Waals surface area contributed by atoms with Crippen LogP contribution in [0.2, 0.25) is 5.02 Å². The first kappa shape index (κ1) is 19.3. The zero-order chi connectivity index (χ0) is 16.6. The highest BCUT2D eigenvalue weighted by molar-refractivity contribution is 6.32. The van der Waals surface area contributed by atoms with E-state index in [0.717, 1.165) is 12.8 Å². The molecule has 3 atom stereocenters. The van der Waals surface area contributed by atoms with Crippen LogP contribution in [0.15, 0.2) is 18.2 Å². The third-order valence-electron chi connectivity index (χ3n) is 4.89. The molecule has 3 unspecified atom stereocenters. The zero-order valence-corrected chi connectivity index (χ0v) is 15.4. The Bertz CT molecular complexity index is 590. The van der Waals surface area contributed by atoms with Crippen molar-refractivity contribution in [2.75, 3.05) is 7.05 Å². The van der Waals surface area contributed by atoms with Gasteiger partial charge in [0.05, 0.1) is 5.02 Å². The van der Waals surface area contributed by atoms with E-state index in [1.165, 1.54) is 31.0 Å². The SMILES string of the molecule is CC(Oc1ccc(F)cc1Cl)C(=O)N(C)C1CC2CCC(C1)N2.Cl. The average molecular weight is 377 g/mol. The van der Waals surface area contributed by atoms with Gasteiger partial charge in [-0.2, -0.15) is 0 Å². The fraction of sp³-hybridized carbons (Fsp3) is 0.588. The van der Waals surface area contributed by atoms with Crippen molar-refractivity contribution in [2.24, 2.45) is 0 Å². The second-order valence-electron chi connectivity index (χ2n) is 6.55. The van der Waals surface area contributed by atoms with Gasteiger partial charge in [0.25, 0.3) is 5.91 Å². The number of nitrogens with one attached hydrogen (secondary N) is 1. The molecule has 0 spiro atoms. The highest BCUT2D eigenvalue weighted by atomic mass is 35.5. The van der Waals surface area contributed by atoms with Gasteiger partial charge in [0.1, 0.15) is 11.6 Å². The Balaban J connectivity index is 0.00000208. The van der Waals surface area contributed by atoms with E-state index >= 15 is 0 Å². The summed E-state index contributed by atoms with van der Waals surface area (Å²) in [7, 11) is 1.84. The maximum Gasteiger partial charge on any atom is 0.263 e. The van der Waals surface area contributed by atoms with Crippen LogP contribution >= 0.6 is 24.0 Å². The average Bonchev–Trinajstić information content (AvgIpc) is 2.86. The van der Waals surface area contributed by atoms with Crippen molar-refractivity contribution in [2.45, 2.75) is 56.8 Å². The Morgan fingerprint density at radius 2 is 2.00 bits per heavy atom. The number of piperidine rings is 1. The van der Waals surface area contributed by atoms with Crippen molar-refractivity contribution in [3.05, 3.63) is 29.0 Å². The monoisotopic (exact) mass is 376 g/mol. The van der Waals surface area contributed by atoms with Crippen LogP contribution in [-0.2, 0) is 4.79 Å². The number of hydrogen-bond donors (Lipinski definition) is 1. The molecule has 0 radical (unpaired) electrons. The quantitative estimate of drug-likeness (QED) is 0.875. The van der Waals surface area contributed by atoms with E-state index in [1.54, 1.807) is 11.8 Å². The van der Waals surface area contributed by atoms with Gasteiger partial charge in [0, 0.05) is 25.2 Å². The summed E-state index contributed by atoms with van der Waals surface area (Å²) in [6, 6.07) is 5.20. The fourth-order valence-corrected chi connectivity index (χ4v) is 3.83. The van der Waals surface area contributed by atoms with Crippen molar-refractivity contribution < 1.29 is 13.9 Å². The second kappa shape index (κ2) is 7.89. The van der Waals surface area contributed by atoms with Crippen LogP contribution < -0.4 is 10.1 Å². The van der Waals surface area contributed by atoms with Crippen LogP contribution in [0.5, 0.6) is 5.75 Å². The van der Waals surface area contributed by atoms with E-state index in [0.29, 0.717) is 17.8 Å². The molecule has 4 nitrogen and oxygen atoms in total. The normalized spacial score (nSPS) is 26.4. The largest absolute Gasteiger partial charge is 0.479 e. The minimum absolute atomic E-state index is 0. The Hall–Kier alpha value is -1.04. The first-order chi connectivity index (χ1) is 10.9. The summed E-state index contributed by atoms with van der Waals surface area (Å²) in [5.41, 5.74) is 0. The third-order valence-corrected chi connectivity index (χ3v) is 5.18. The van der Waals surface area contributed by atoms with Crippen molar-refractivity contribution in [1.29, 1.82) is 0 Å². The smallest absolute Gasteiger partial charge is 0.263 e. The number of hydrogen-bond acceptors (Lipinski definition) is 3. The predicted octanol–water partition coefficient (Wildman–Crippen LogP) is 3.41. The summed E-state index contributed by atoms with van der Waals surface area (Å²) in [4.78, 5) is 14.4. The Morgan fingerprint density at radius 1 is 1.38 bits per heavy atom. The molecule has 0 aliphatic carbocycles. The van der Waals surface area contributed by atoms with E-state index in [1.807, 2.05) is 7.05 Å². The lowest BCUT2D eigenvalue weighted by atomic mass is 9.98. The lowest BCUT2D eigenvalue weighted by Gasteiger charge is -2.36. The standard InChI is InChI=1S/C17H22ClFN2O2.ClH/c1-10(23-16-6-3-11(19)7-15(16)18)17(22)21(2)14-8-12-4-5-13(9-14)20-12;/h3,6-7,10,12-14,20H,4-5,8-9H2,1-2H3;1H. The lowest BCUT2D eigenvalue weighted by Crippen LogP contribution is -2.51. The first-order valence-electron chi connectivity index (χ1n) is 8.08. The van der Waals surface area contributed by atoms with E-state index in [2.05, 4.69) is 5.32 Å². The third kappa shape index (κ3) is 4.13. The number of carbonyl (C=O) groups excluding carboxylic acids is 1. The number of carbonyl (C=O) groups is 1. The van der Waals surface area contributed by atoms with E-state index in [9.17, 15) is 9.18 Å². The summed E-state index contributed by atoms with van der Waals surface area (Å²) in [6.45, 7) is 1.70. The number of nitrogens with zero attached hydrogens (tertiary/aromatic N) is 1. The molecule has 1 N–H and O–H groups in total. The van der Waals surface area contributed by atoms with Crippen LogP contribution in [0.3, 0.4) is 0 Å². The van der Waals surface area contributed by atoms with Gasteiger partial charge >= 0.3 is 0 Å². The summed E-state index contributed by atoms with van der Waals surface area (Å²) in [5, 5.41) is 3.75. The molecule has 2 aliphatic heterocycles. The number of rotatable bonds is 4. The summed E-state index contributed by atoms with van der Waals surface area (Å²) < 4.78 is 18.7. The lowest BCUT2D eigenvalue weighted by molar-refractivity contribution is -0.139. The maximum absolute atomic E-state index is 13.1. The Morgan fingerprint density at radius 3 is 2.58 bits per heavy atom. The van der Waals surface area contributed by atoms with Gasteiger partial charge in [-0.25, -0.2) is 4.39 Å². The minimum atomic E-state index is -0.657. The zero-order valence-electron chi connectivity index (χ0n) is 13.8. The second-order valence-corrected chi connectivity index (χ2v) is 6.95. The van der Waals surface area contributed by atoms with Crippen molar-refractivity contribution >= 4 is 29.9 Å². The first-order valence-corrected chi connectivity index (χ1v) is 8.46. The van der Waals surface area contributed by atoms with Gasteiger partial charge in [0.15, 0.2) is 6.10 Å². The molecule has 1 amide bonds. The fourth-order valence-electron chi connectivity index (χ4n) is 3.62. The number of amides is 1. The summed E-state index contributed by atoms with van der Waals surface area (Å²) >= 11 is 5.95. The molecular weight excluding hydrogens is 354 g/mol. The van der Waals surface area contributed by atoms with Crippen LogP contribution in [0.4, 0.5) is 4.39 Å². The maximum atomic E-state index is 13.1. The molecule has 3 rings (SSSR count). The molecule has 2 saturated heterocycles. The van der Waals surface area contributed by atoms with Crippen LogP contribution in [0.25, 0.3) is 0 Å². The van der Waals surface area contributed by atoms with Crippen LogP contribution in [0, 0.1) is 5.82 Å². The van der Waals surface area contributed by atoms with E-state index < -0.39 is 11.9 Å². The number of halogens is 3. The van der Waals surface area contributed by atoms with Crippen molar-refractivity contribution in [1.82, 2.24) is 10.2 Å². The number of benzene rings is 1. The molecule has 2 heterocycles. The molecule has 1 aromatic rings. The van der Waals surface area contributed by atoms with E-state index in [-0.39, 0.29) is 29.4 Å².